The van der Waals surface area contributed by atoms with Crippen LogP contribution in [0.1, 0.15) is 17.8 Å². The van der Waals surface area contributed by atoms with Gasteiger partial charge in [-0.2, -0.15) is 0 Å². The van der Waals surface area contributed by atoms with Crippen LogP contribution >= 0.6 is 35.3 Å². The summed E-state index contributed by atoms with van der Waals surface area (Å²) >= 11 is 7.64. The number of hydrogen-bond donors (Lipinski definition) is 2. The van der Waals surface area contributed by atoms with Crippen LogP contribution in [0.3, 0.4) is 0 Å². The lowest BCUT2D eigenvalue weighted by molar-refractivity contribution is -0.136. The zero-order valence-electron chi connectivity index (χ0n) is 14.1. The zero-order valence-corrected chi connectivity index (χ0v) is 16.5. The van der Waals surface area contributed by atoms with E-state index in [-0.39, 0.29) is 18.3 Å². The van der Waals surface area contributed by atoms with E-state index >= 15 is 0 Å². The molecule has 1 fully saturated rings. The van der Waals surface area contributed by atoms with E-state index in [0.717, 1.165) is 47.6 Å². The Kier molecular flexibility index (Phi) is 7.46. The van der Waals surface area contributed by atoms with Gasteiger partial charge in [0.1, 0.15) is 0 Å². The first-order chi connectivity index (χ1) is 11.6. The number of fused-ring (bicyclic) bond motifs is 1. The van der Waals surface area contributed by atoms with Gasteiger partial charge in [-0.05, 0) is 44.1 Å². The van der Waals surface area contributed by atoms with Crippen LogP contribution in [-0.4, -0.2) is 44.2 Å². The Morgan fingerprint density at radius 1 is 1.44 bits per heavy atom. The number of carbonyl (C=O) groups excluding carboxylic acids is 1. The molecule has 2 N–H and O–H groups in total. The van der Waals surface area contributed by atoms with E-state index < -0.39 is 5.41 Å². The number of rotatable bonds is 6. The molecule has 0 bridgehead atoms. The smallest absolute Gasteiger partial charge is 0.228 e. The second kappa shape index (κ2) is 9.14. The van der Waals surface area contributed by atoms with Crippen LogP contribution in [0.15, 0.2) is 18.2 Å². The van der Waals surface area contributed by atoms with Gasteiger partial charge in [0.05, 0.1) is 27.2 Å². The Balaban J connectivity index is 0.00000225. The maximum absolute atomic E-state index is 12.7. The van der Waals surface area contributed by atoms with Gasteiger partial charge in [-0.1, -0.05) is 11.6 Å². The lowest BCUT2D eigenvalue weighted by Gasteiger charge is -2.35. The maximum Gasteiger partial charge on any atom is 0.228 e. The molecular weight excluding hydrogens is 381 g/mol. The molecule has 1 aliphatic rings. The van der Waals surface area contributed by atoms with Crippen molar-refractivity contribution in [3.63, 3.8) is 0 Å². The third-order valence-corrected chi connectivity index (χ3v) is 5.81. The van der Waals surface area contributed by atoms with E-state index in [2.05, 4.69) is 15.6 Å². The lowest BCUT2D eigenvalue weighted by atomic mass is 9.78. The van der Waals surface area contributed by atoms with Gasteiger partial charge in [-0.3, -0.25) is 4.79 Å². The van der Waals surface area contributed by atoms with Crippen molar-refractivity contribution in [1.82, 2.24) is 15.6 Å². The predicted molar refractivity (Wildman–Crippen MR) is 105 cm³/mol. The van der Waals surface area contributed by atoms with Crippen molar-refractivity contribution in [2.45, 2.75) is 19.3 Å². The van der Waals surface area contributed by atoms with Crippen molar-refractivity contribution in [3.05, 3.63) is 28.2 Å². The highest BCUT2D eigenvalue weighted by atomic mass is 35.5. The largest absolute Gasteiger partial charge is 0.384 e. The van der Waals surface area contributed by atoms with Gasteiger partial charge in [0, 0.05) is 25.1 Å². The number of hydrogen-bond acceptors (Lipinski definition) is 5. The van der Waals surface area contributed by atoms with Crippen LogP contribution in [0.2, 0.25) is 5.02 Å². The standard InChI is InChI=1S/C17H22ClN3O2S.ClH/c1-23-11-17(5-8-19-9-6-17)16(22)20-7-4-15-21-13-10-12(18)2-3-14(13)24-15;/h2-3,10,19H,4-9,11H2,1H3,(H,20,22);1H. The van der Waals surface area contributed by atoms with Crippen molar-refractivity contribution >= 4 is 51.5 Å². The fraction of sp³-hybridized carbons (Fsp3) is 0.529. The van der Waals surface area contributed by atoms with E-state index in [9.17, 15) is 4.79 Å². The van der Waals surface area contributed by atoms with Crippen LogP contribution in [0.5, 0.6) is 0 Å². The first-order valence-corrected chi connectivity index (χ1v) is 9.35. The summed E-state index contributed by atoms with van der Waals surface area (Å²) in [5.41, 5.74) is 0.518. The summed E-state index contributed by atoms with van der Waals surface area (Å²) in [5, 5.41) is 8.08. The quantitative estimate of drug-likeness (QED) is 0.777. The molecule has 1 amide bonds. The average molecular weight is 404 g/mol. The first kappa shape index (κ1) is 20.4. The Labute approximate surface area is 162 Å². The number of thiazole rings is 1. The number of amides is 1. The highest BCUT2D eigenvalue weighted by Gasteiger charge is 2.39. The Bertz CT molecular complexity index is 711. The number of aromatic nitrogens is 1. The van der Waals surface area contributed by atoms with Crippen molar-refractivity contribution in [2.75, 3.05) is 33.4 Å². The van der Waals surface area contributed by atoms with Gasteiger partial charge in [0.15, 0.2) is 0 Å². The molecule has 0 unspecified atom stereocenters. The van der Waals surface area contributed by atoms with Crippen molar-refractivity contribution < 1.29 is 9.53 Å². The van der Waals surface area contributed by atoms with Gasteiger partial charge >= 0.3 is 0 Å². The Hall–Kier alpha value is -0.920. The number of nitrogens with one attached hydrogen (secondary N) is 2. The summed E-state index contributed by atoms with van der Waals surface area (Å²) < 4.78 is 6.43. The molecule has 5 nitrogen and oxygen atoms in total. The van der Waals surface area contributed by atoms with Gasteiger partial charge in [0.25, 0.3) is 0 Å². The minimum absolute atomic E-state index is 0. The van der Waals surface area contributed by atoms with E-state index in [1.807, 2.05) is 18.2 Å². The number of benzene rings is 1. The summed E-state index contributed by atoms with van der Waals surface area (Å²) in [4.78, 5) is 17.2. The average Bonchev–Trinajstić information content (AvgIpc) is 2.97. The number of ether oxygens (including phenoxy) is 1. The molecule has 25 heavy (non-hydrogen) atoms. The number of halogens is 2. The van der Waals surface area contributed by atoms with Crippen LogP contribution in [-0.2, 0) is 16.0 Å². The van der Waals surface area contributed by atoms with E-state index in [4.69, 9.17) is 16.3 Å². The number of nitrogens with zero attached hydrogens (tertiary/aromatic N) is 1. The molecule has 0 aliphatic carbocycles. The van der Waals surface area contributed by atoms with E-state index in [1.165, 1.54) is 0 Å². The van der Waals surface area contributed by atoms with E-state index in [0.29, 0.717) is 18.2 Å². The summed E-state index contributed by atoms with van der Waals surface area (Å²) in [6.07, 6.45) is 2.35. The van der Waals surface area contributed by atoms with Gasteiger partial charge in [-0.15, -0.1) is 23.7 Å². The molecule has 0 saturated carbocycles. The van der Waals surface area contributed by atoms with Crippen LogP contribution in [0.4, 0.5) is 0 Å². The first-order valence-electron chi connectivity index (χ1n) is 8.16. The predicted octanol–water partition coefficient (Wildman–Crippen LogP) is 3.05. The number of piperidine rings is 1. The Morgan fingerprint density at radius 3 is 2.92 bits per heavy atom. The summed E-state index contributed by atoms with van der Waals surface area (Å²) in [7, 11) is 1.66. The summed E-state index contributed by atoms with van der Waals surface area (Å²) in [5.74, 6) is 0.0926. The molecule has 1 aromatic carbocycles. The second-order valence-corrected chi connectivity index (χ2v) is 7.74. The topological polar surface area (TPSA) is 63.2 Å². The summed E-state index contributed by atoms with van der Waals surface area (Å²) in [6.45, 7) is 2.77. The number of carbonyl (C=O) groups is 1. The van der Waals surface area contributed by atoms with Crippen LogP contribution in [0, 0.1) is 5.41 Å². The SMILES string of the molecule is COCC1(C(=O)NCCc2nc3cc(Cl)ccc3s2)CCNCC1.Cl. The summed E-state index contributed by atoms with van der Waals surface area (Å²) in [6, 6.07) is 5.73. The van der Waals surface area contributed by atoms with Crippen molar-refractivity contribution in [3.8, 4) is 0 Å². The zero-order chi connectivity index (χ0) is 17.0. The molecule has 138 valence electrons. The molecular formula is C17H23Cl2N3O2S. The third kappa shape index (κ3) is 4.83. The molecule has 0 radical (unpaired) electrons. The minimum atomic E-state index is -0.402. The minimum Gasteiger partial charge on any atom is -0.384 e. The maximum atomic E-state index is 12.7. The molecule has 2 aromatic rings. The molecule has 0 atom stereocenters. The highest BCUT2D eigenvalue weighted by Crippen LogP contribution is 2.29. The normalized spacial score (nSPS) is 16.4. The van der Waals surface area contributed by atoms with Crippen LogP contribution in [0.25, 0.3) is 10.2 Å². The molecule has 3 rings (SSSR count). The highest BCUT2D eigenvalue weighted by molar-refractivity contribution is 7.18. The van der Waals surface area contributed by atoms with Crippen molar-refractivity contribution in [1.29, 1.82) is 0 Å². The molecule has 1 aliphatic heterocycles. The van der Waals surface area contributed by atoms with Crippen molar-refractivity contribution in [2.24, 2.45) is 5.41 Å². The fourth-order valence-corrected chi connectivity index (χ4v) is 4.26. The van der Waals surface area contributed by atoms with Crippen LogP contribution < -0.4 is 10.6 Å². The molecule has 1 saturated heterocycles. The monoisotopic (exact) mass is 403 g/mol. The second-order valence-electron chi connectivity index (χ2n) is 6.19. The van der Waals surface area contributed by atoms with Gasteiger partial charge < -0.3 is 15.4 Å². The Morgan fingerprint density at radius 2 is 2.20 bits per heavy atom. The number of methoxy groups -OCH3 is 1. The fourth-order valence-electron chi connectivity index (χ4n) is 3.14. The van der Waals surface area contributed by atoms with E-state index in [1.54, 1.807) is 18.4 Å². The lowest BCUT2D eigenvalue weighted by Crippen LogP contribution is -2.50. The molecule has 1 aromatic heterocycles. The third-order valence-electron chi connectivity index (χ3n) is 4.48. The molecule has 2 heterocycles. The van der Waals surface area contributed by atoms with Gasteiger partial charge in [-0.25, -0.2) is 4.98 Å². The molecule has 8 heteroatoms. The molecule has 0 spiro atoms. The van der Waals surface area contributed by atoms with Gasteiger partial charge in [0.2, 0.25) is 5.91 Å².